The van der Waals surface area contributed by atoms with Crippen LogP contribution in [0.3, 0.4) is 0 Å². The fraction of sp³-hybridized carbons (Fsp3) is 0.647. The Kier molecular flexibility index (Phi) is 6.02. The molecule has 1 aromatic carbocycles. The molecule has 1 aromatic rings. The van der Waals surface area contributed by atoms with Crippen molar-refractivity contribution in [2.45, 2.75) is 38.9 Å². The number of benzene rings is 1. The van der Waals surface area contributed by atoms with Gasteiger partial charge in [0.2, 0.25) is 0 Å². The van der Waals surface area contributed by atoms with Gasteiger partial charge in [-0.3, -0.25) is 4.90 Å². The predicted octanol–water partition coefficient (Wildman–Crippen LogP) is 2.86. The largest absolute Gasteiger partial charge is 0.387 e. The first-order valence-corrected chi connectivity index (χ1v) is 7.72. The van der Waals surface area contributed by atoms with Crippen LogP contribution in [-0.2, 0) is 4.74 Å². The van der Waals surface area contributed by atoms with Crippen LogP contribution in [0.1, 0.15) is 38.4 Å². The number of β-amino-alcohol motifs (C(OH)–C–C–N with tert-alkyl or cyclic N) is 1. The van der Waals surface area contributed by atoms with Gasteiger partial charge in [0.15, 0.2) is 0 Å². The van der Waals surface area contributed by atoms with Crippen LogP contribution in [0.4, 0.5) is 0 Å². The van der Waals surface area contributed by atoms with Gasteiger partial charge >= 0.3 is 0 Å². The van der Waals surface area contributed by atoms with Crippen molar-refractivity contribution in [3.8, 4) is 0 Å². The van der Waals surface area contributed by atoms with Gasteiger partial charge in [-0.25, -0.2) is 0 Å². The first kappa shape index (κ1) is 15.5. The van der Waals surface area contributed by atoms with Crippen molar-refractivity contribution in [2.75, 3.05) is 26.2 Å². The van der Waals surface area contributed by atoms with Gasteiger partial charge in [-0.15, -0.1) is 0 Å². The Bertz CT molecular complexity index is 380. The summed E-state index contributed by atoms with van der Waals surface area (Å²) in [6.45, 7) is 7.98. The Labute approximate surface area is 122 Å². The molecule has 0 radical (unpaired) electrons. The summed E-state index contributed by atoms with van der Waals surface area (Å²) < 4.78 is 5.91. The van der Waals surface area contributed by atoms with Crippen LogP contribution in [0, 0.1) is 5.92 Å². The van der Waals surface area contributed by atoms with E-state index in [2.05, 4.69) is 18.7 Å². The van der Waals surface area contributed by atoms with E-state index < -0.39 is 6.10 Å². The van der Waals surface area contributed by atoms with Crippen LogP contribution in [0.5, 0.6) is 0 Å². The third kappa shape index (κ3) is 4.89. The van der Waals surface area contributed by atoms with E-state index in [0.29, 0.717) is 18.6 Å². The van der Waals surface area contributed by atoms with E-state index in [1.165, 1.54) is 0 Å². The third-order valence-corrected chi connectivity index (χ3v) is 3.89. The van der Waals surface area contributed by atoms with Crippen molar-refractivity contribution in [3.05, 3.63) is 35.9 Å². The van der Waals surface area contributed by atoms with Gasteiger partial charge in [0, 0.05) is 26.2 Å². The normalized spacial score (nSPS) is 21.5. The van der Waals surface area contributed by atoms with E-state index in [0.717, 1.165) is 38.1 Å². The van der Waals surface area contributed by atoms with Crippen LogP contribution >= 0.6 is 0 Å². The lowest BCUT2D eigenvalue weighted by molar-refractivity contribution is 0.0470. The number of likely N-dealkylation sites (tertiary alicyclic amines) is 1. The average molecular weight is 277 g/mol. The lowest BCUT2D eigenvalue weighted by Crippen LogP contribution is -2.28. The summed E-state index contributed by atoms with van der Waals surface area (Å²) in [5.74, 6) is 0.701. The van der Waals surface area contributed by atoms with Gasteiger partial charge in [-0.2, -0.15) is 0 Å². The zero-order chi connectivity index (χ0) is 14.4. The number of ether oxygens (including phenoxy) is 1. The molecule has 0 spiro atoms. The van der Waals surface area contributed by atoms with Crippen molar-refractivity contribution < 1.29 is 9.84 Å². The Morgan fingerprint density at radius 1 is 1.30 bits per heavy atom. The maximum atomic E-state index is 10.2. The molecular formula is C17H27NO2. The van der Waals surface area contributed by atoms with E-state index in [9.17, 15) is 5.11 Å². The quantitative estimate of drug-likeness (QED) is 0.832. The molecule has 2 unspecified atom stereocenters. The van der Waals surface area contributed by atoms with Gasteiger partial charge < -0.3 is 9.84 Å². The molecule has 1 aliphatic rings. The molecule has 0 aliphatic carbocycles. The molecule has 0 saturated carbocycles. The van der Waals surface area contributed by atoms with Crippen LogP contribution in [-0.4, -0.2) is 42.4 Å². The molecule has 1 N–H and O–H groups in total. The summed E-state index contributed by atoms with van der Waals surface area (Å²) in [4.78, 5) is 2.30. The Balaban J connectivity index is 1.70. The minimum absolute atomic E-state index is 0.344. The molecule has 1 heterocycles. The number of aliphatic hydroxyl groups excluding tert-OH is 1. The van der Waals surface area contributed by atoms with Gasteiger partial charge in [0.1, 0.15) is 0 Å². The lowest BCUT2D eigenvalue weighted by Gasteiger charge is -2.20. The molecule has 2 rings (SSSR count). The van der Waals surface area contributed by atoms with Crippen molar-refractivity contribution >= 4 is 0 Å². The van der Waals surface area contributed by atoms with E-state index >= 15 is 0 Å². The highest BCUT2D eigenvalue weighted by Crippen LogP contribution is 2.19. The zero-order valence-electron chi connectivity index (χ0n) is 12.7. The van der Waals surface area contributed by atoms with Crippen molar-refractivity contribution in [1.82, 2.24) is 4.90 Å². The maximum Gasteiger partial charge on any atom is 0.0916 e. The van der Waals surface area contributed by atoms with Crippen molar-refractivity contribution in [2.24, 2.45) is 5.92 Å². The van der Waals surface area contributed by atoms with E-state index in [1.54, 1.807) is 0 Å². The molecule has 0 amide bonds. The molecule has 1 fully saturated rings. The molecular weight excluding hydrogens is 250 g/mol. The molecule has 20 heavy (non-hydrogen) atoms. The first-order valence-electron chi connectivity index (χ1n) is 7.72. The second-order valence-corrected chi connectivity index (χ2v) is 6.15. The summed E-state index contributed by atoms with van der Waals surface area (Å²) >= 11 is 0. The maximum absolute atomic E-state index is 10.2. The topological polar surface area (TPSA) is 32.7 Å². The summed E-state index contributed by atoms with van der Waals surface area (Å²) in [5, 5.41) is 10.2. The highest BCUT2D eigenvalue weighted by atomic mass is 16.5. The zero-order valence-corrected chi connectivity index (χ0v) is 12.7. The van der Waals surface area contributed by atoms with Crippen LogP contribution < -0.4 is 0 Å². The Morgan fingerprint density at radius 3 is 2.75 bits per heavy atom. The number of hydrogen-bond donors (Lipinski definition) is 1. The number of hydrogen-bond acceptors (Lipinski definition) is 3. The number of rotatable bonds is 7. The minimum Gasteiger partial charge on any atom is -0.387 e. The van der Waals surface area contributed by atoms with Crippen molar-refractivity contribution in [1.29, 1.82) is 0 Å². The fourth-order valence-electron chi connectivity index (χ4n) is 2.59. The van der Waals surface area contributed by atoms with Crippen LogP contribution in [0.15, 0.2) is 30.3 Å². The van der Waals surface area contributed by atoms with Crippen LogP contribution in [0.25, 0.3) is 0 Å². The fourth-order valence-corrected chi connectivity index (χ4v) is 2.59. The van der Waals surface area contributed by atoms with Crippen LogP contribution in [0.2, 0.25) is 0 Å². The Morgan fingerprint density at radius 2 is 2.05 bits per heavy atom. The Hall–Kier alpha value is -0.900. The second kappa shape index (κ2) is 7.77. The van der Waals surface area contributed by atoms with E-state index in [1.807, 2.05) is 30.3 Å². The number of nitrogens with zero attached hydrogens (tertiary/aromatic N) is 1. The average Bonchev–Trinajstić information content (AvgIpc) is 2.87. The standard InChI is InChI=1S/C17H27NO2/c1-14(2)9-11-20-16-8-10-18(12-16)13-17(19)15-6-4-3-5-7-15/h3-7,14,16-17,19H,8-13H2,1-2H3. The molecule has 3 nitrogen and oxygen atoms in total. The molecule has 1 aliphatic heterocycles. The molecule has 0 bridgehead atoms. The lowest BCUT2D eigenvalue weighted by atomic mass is 10.1. The smallest absolute Gasteiger partial charge is 0.0916 e. The SMILES string of the molecule is CC(C)CCOC1CCN(CC(O)c2ccccc2)C1. The third-order valence-electron chi connectivity index (χ3n) is 3.89. The highest BCUT2D eigenvalue weighted by molar-refractivity contribution is 5.17. The van der Waals surface area contributed by atoms with E-state index in [4.69, 9.17) is 4.74 Å². The van der Waals surface area contributed by atoms with Gasteiger partial charge in [0.05, 0.1) is 12.2 Å². The molecule has 0 aromatic heterocycles. The van der Waals surface area contributed by atoms with Crippen molar-refractivity contribution in [3.63, 3.8) is 0 Å². The summed E-state index contributed by atoms with van der Waals surface area (Å²) in [6.07, 6.45) is 2.16. The minimum atomic E-state index is -0.398. The first-order chi connectivity index (χ1) is 9.65. The summed E-state index contributed by atoms with van der Waals surface area (Å²) in [5.41, 5.74) is 0.997. The van der Waals surface area contributed by atoms with Gasteiger partial charge in [-0.05, 0) is 24.3 Å². The molecule has 2 atom stereocenters. The summed E-state index contributed by atoms with van der Waals surface area (Å²) in [7, 11) is 0. The molecule has 112 valence electrons. The van der Waals surface area contributed by atoms with E-state index in [-0.39, 0.29) is 0 Å². The molecule has 3 heteroatoms. The highest BCUT2D eigenvalue weighted by Gasteiger charge is 2.24. The molecule has 1 saturated heterocycles. The second-order valence-electron chi connectivity index (χ2n) is 6.15. The predicted molar refractivity (Wildman–Crippen MR) is 81.7 cm³/mol. The van der Waals surface area contributed by atoms with Gasteiger partial charge in [0.25, 0.3) is 0 Å². The van der Waals surface area contributed by atoms with Gasteiger partial charge in [-0.1, -0.05) is 44.2 Å². The summed E-state index contributed by atoms with van der Waals surface area (Å²) in [6, 6.07) is 9.89. The number of aliphatic hydroxyl groups is 1. The monoisotopic (exact) mass is 277 g/mol.